The highest BCUT2D eigenvalue weighted by atomic mass is 35.5. The molecular formula is C64H73ClN5O8S+. The molecule has 3 N–H and O–H groups in total. The molecule has 4 aromatic carbocycles. The van der Waals surface area contributed by atoms with Gasteiger partial charge in [0.2, 0.25) is 17.2 Å². The van der Waals surface area contributed by atoms with Crippen LogP contribution >= 0.6 is 11.6 Å². The molecule has 79 heavy (non-hydrogen) atoms. The molecular weight excluding hydrogens is 1030 g/mol. The summed E-state index contributed by atoms with van der Waals surface area (Å²) in [7, 11) is -2.85. The van der Waals surface area contributed by atoms with Crippen molar-refractivity contribution in [1.29, 1.82) is 0 Å². The van der Waals surface area contributed by atoms with Crippen molar-refractivity contribution in [3.63, 3.8) is 0 Å². The predicted octanol–water partition coefficient (Wildman–Crippen LogP) is 12.3. The molecule has 0 unspecified atom stereocenters. The number of benzene rings is 5. The molecule has 3 heterocycles. The Morgan fingerprint density at radius 3 is 2.19 bits per heavy atom. The SMILES string of the molecule is CC[N+](CC)=c1ccc2c(-c3ccccc3)c(C)c(/C=C/C=C3/N(CCCCCC(=O)NCCCCCCNC(=O)Cc4c(C)n(C(=O)c5ccc(Cl)cc5)c5ccc(OC)cc45)c4ccc(S(=O)(=O)O)cc4C3(C)C)oc-2c1. The number of nitrogens with zero attached hydrogens (tertiary/aromatic N) is 3. The van der Waals surface area contributed by atoms with Crippen LogP contribution in [0.25, 0.3) is 39.4 Å². The number of ether oxygens (including phenoxy) is 1. The van der Waals surface area contributed by atoms with E-state index in [-0.39, 0.29) is 29.0 Å². The predicted molar refractivity (Wildman–Crippen MR) is 317 cm³/mol. The number of anilines is 1. The highest BCUT2D eigenvalue weighted by Gasteiger charge is 2.40. The van der Waals surface area contributed by atoms with Gasteiger partial charge in [-0.2, -0.15) is 8.42 Å². The molecule has 1 aromatic heterocycles. The van der Waals surface area contributed by atoms with Crippen LogP contribution in [0.4, 0.5) is 5.69 Å². The zero-order valence-electron chi connectivity index (χ0n) is 46.5. The third-order valence-electron chi connectivity index (χ3n) is 15.3. The van der Waals surface area contributed by atoms with Crippen LogP contribution in [0.5, 0.6) is 5.75 Å². The van der Waals surface area contributed by atoms with Gasteiger partial charge in [-0.15, -0.1) is 0 Å². The number of hydrogen-bond donors (Lipinski definition) is 3. The van der Waals surface area contributed by atoms with Crippen LogP contribution in [-0.2, 0) is 31.5 Å². The number of halogens is 1. The van der Waals surface area contributed by atoms with Crippen molar-refractivity contribution < 1.29 is 36.5 Å². The fourth-order valence-electron chi connectivity index (χ4n) is 10.9. The number of hydrogen-bond acceptors (Lipinski definition) is 8. The lowest BCUT2D eigenvalue weighted by atomic mass is 9.83. The number of aromatic nitrogens is 1. The van der Waals surface area contributed by atoms with E-state index >= 15 is 0 Å². The molecule has 15 heteroatoms. The monoisotopic (exact) mass is 1110 g/mol. The lowest BCUT2D eigenvalue weighted by molar-refractivity contribution is -0.121. The molecule has 414 valence electrons. The average Bonchev–Trinajstić information content (AvgIpc) is 3.94. The summed E-state index contributed by atoms with van der Waals surface area (Å²) in [5.74, 6) is 1.83. The van der Waals surface area contributed by atoms with Crippen molar-refractivity contribution >= 4 is 62.1 Å². The van der Waals surface area contributed by atoms with Gasteiger partial charge in [-0.05, 0) is 155 Å². The van der Waals surface area contributed by atoms with E-state index in [0.717, 1.165) is 119 Å². The molecule has 0 radical (unpaired) electrons. The van der Waals surface area contributed by atoms with Crippen LogP contribution < -0.4 is 30.2 Å². The van der Waals surface area contributed by atoms with Crippen LogP contribution in [0.15, 0.2) is 136 Å². The summed E-state index contributed by atoms with van der Waals surface area (Å²) in [5, 5.41) is 8.54. The van der Waals surface area contributed by atoms with Gasteiger partial charge in [-0.1, -0.05) is 81.1 Å². The normalized spacial score (nSPS) is 13.6. The Morgan fingerprint density at radius 2 is 1.51 bits per heavy atom. The van der Waals surface area contributed by atoms with Crippen molar-refractivity contribution in [1.82, 2.24) is 19.8 Å². The second-order valence-corrected chi connectivity index (χ2v) is 22.6. The van der Waals surface area contributed by atoms with Gasteiger partial charge in [0, 0.05) is 81.7 Å². The minimum absolute atomic E-state index is 0.0154. The van der Waals surface area contributed by atoms with Crippen molar-refractivity contribution in [2.45, 2.75) is 110 Å². The van der Waals surface area contributed by atoms with Crippen molar-refractivity contribution in [3.8, 4) is 28.2 Å². The largest absolute Gasteiger partial charge is 0.497 e. The average molecular weight is 1110 g/mol. The van der Waals surface area contributed by atoms with Gasteiger partial charge in [0.05, 0.1) is 30.0 Å². The van der Waals surface area contributed by atoms with Gasteiger partial charge >= 0.3 is 0 Å². The number of carbonyl (C=O) groups is 3. The van der Waals surface area contributed by atoms with E-state index in [1.807, 2.05) is 49.4 Å². The number of methoxy groups -OCH3 is 1. The quantitative estimate of drug-likeness (QED) is 0.0321. The van der Waals surface area contributed by atoms with Gasteiger partial charge in [0.25, 0.3) is 16.0 Å². The lowest BCUT2D eigenvalue weighted by Crippen LogP contribution is -2.29. The van der Waals surface area contributed by atoms with Crippen LogP contribution in [0.1, 0.15) is 118 Å². The van der Waals surface area contributed by atoms with Crippen LogP contribution in [0, 0.1) is 13.8 Å². The maximum atomic E-state index is 13.7. The topological polar surface area (TPSA) is 163 Å². The van der Waals surface area contributed by atoms with E-state index in [1.54, 1.807) is 54.1 Å². The first kappa shape index (κ1) is 57.9. The number of allylic oxidation sites excluding steroid dienone is 3. The van der Waals surface area contributed by atoms with E-state index in [9.17, 15) is 27.4 Å². The van der Waals surface area contributed by atoms with Crippen LogP contribution in [-0.4, -0.2) is 75.1 Å². The Balaban J connectivity index is 0.831. The Labute approximate surface area is 469 Å². The molecule has 2 aliphatic heterocycles. The molecule has 8 rings (SSSR count). The summed E-state index contributed by atoms with van der Waals surface area (Å²) >= 11 is 6.08. The summed E-state index contributed by atoms with van der Waals surface area (Å²) in [6, 6.07) is 33.8. The number of rotatable bonds is 23. The minimum atomic E-state index is -4.43. The van der Waals surface area contributed by atoms with Gasteiger partial charge < -0.3 is 24.7 Å². The molecule has 5 aromatic rings. The molecule has 1 aliphatic carbocycles. The standard InChI is InChI=1S/C64H72ClN5O8S/c1-8-68(9-2)48-30-33-51-58(39-48)78-57(43(3)62(51)45-21-14-12-15-22-45)23-20-24-59-64(5,6)54-41-50(79(74,75)76)32-35-56(54)69(59)38-19-13-16-25-60(71)66-36-17-10-11-18-37-67-61(72)42-52-44(4)70(55-34-31-49(77-7)40-53(52)55)63(73)46-26-28-47(65)29-27-46/h12,14-15,20-24,26-35,39-41H,8-11,13,16-19,25,36-38,42H2,1-7H3,(H2-,66,67,71,72,74,75,76)/p+1. The maximum absolute atomic E-state index is 13.7. The number of fused-ring (bicyclic) bond motifs is 3. The highest BCUT2D eigenvalue weighted by Crippen LogP contribution is 2.49. The highest BCUT2D eigenvalue weighted by molar-refractivity contribution is 7.85. The van der Waals surface area contributed by atoms with Crippen molar-refractivity contribution in [2.24, 2.45) is 0 Å². The zero-order valence-corrected chi connectivity index (χ0v) is 48.0. The van der Waals surface area contributed by atoms with Gasteiger partial charge in [0.1, 0.15) is 30.4 Å². The smallest absolute Gasteiger partial charge is 0.294 e. The van der Waals surface area contributed by atoms with E-state index < -0.39 is 15.5 Å². The van der Waals surface area contributed by atoms with E-state index in [0.29, 0.717) is 60.0 Å². The fourth-order valence-corrected chi connectivity index (χ4v) is 11.6. The van der Waals surface area contributed by atoms with Gasteiger partial charge in [0.15, 0.2) is 0 Å². The molecule has 0 spiro atoms. The van der Waals surface area contributed by atoms with Crippen LogP contribution in [0.2, 0.25) is 5.02 Å². The van der Waals surface area contributed by atoms with Crippen molar-refractivity contribution in [3.05, 3.63) is 171 Å². The molecule has 13 nitrogen and oxygen atoms in total. The summed E-state index contributed by atoms with van der Waals surface area (Å²) < 4.78 is 50.8. The van der Waals surface area contributed by atoms with Crippen LogP contribution in [0.3, 0.4) is 0 Å². The molecule has 0 saturated carbocycles. The number of carbonyl (C=O) groups excluding carboxylic acids is 3. The summed E-state index contributed by atoms with van der Waals surface area (Å²) in [6.07, 6.45) is 12.3. The molecule has 0 fully saturated rings. The number of nitrogens with one attached hydrogen (secondary N) is 2. The Kier molecular flexibility index (Phi) is 18.8. The van der Waals surface area contributed by atoms with E-state index in [4.69, 9.17) is 20.8 Å². The second kappa shape index (κ2) is 25.7. The Bertz CT molecular complexity index is 3570. The minimum Gasteiger partial charge on any atom is -0.497 e. The summed E-state index contributed by atoms with van der Waals surface area (Å²) in [4.78, 5) is 41.9. The third kappa shape index (κ3) is 13.3. The van der Waals surface area contributed by atoms with Gasteiger partial charge in [-0.25, -0.2) is 4.58 Å². The number of unbranched alkanes of at least 4 members (excludes halogenated alkanes) is 5. The number of amides is 2. The Hall–Kier alpha value is -7.26. The first-order valence-electron chi connectivity index (χ1n) is 27.5. The zero-order chi connectivity index (χ0) is 56.4. The molecule has 0 saturated heterocycles. The maximum Gasteiger partial charge on any atom is 0.294 e. The van der Waals surface area contributed by atoms with E-state index in [2.05, 4.69) is 91.1 Å². The van der Waals surface area contributed by atoms with Crippen molar-refractivity contribution in [2.75, 3.05) is 44.7 Å². The molecule has 0 bridgehead atoms. The summed E-state index contributed by atoms with van der Waals surface area (Å²) in [5.41, 5.74) is 8.93. The molecule has 3 aliphatic rings. The Morgan fingerprint density at radius 1 is 0.810 bits per heavy atom. The first-order valence-corrected chi connectivity index (χ1v) is 29.3. The first-order chi connectivity index (χ1) is 37.9. The molecule has 2 amide bonds. The fraction of sp³-hybridized carbons (Fsp3) is 0.344. The van der Waals surface area contributed by atoms with E-state index in [1.165, 1.54) is 6.07 Å². The second-order valence-electron chi connectivity index (χ2n) is 20.7. The summed E-state index contributed by atoms with van der Waals surface area (Å²) in [6.45, 7) is 15.8. The lowest BCUT2D eigenvalue weighted by Gasteiger charge is -2.27. The third-order valence-corrected chi connectivity index (χ3v) is 16.4. The van der Waals surface area contributed by atoms with Gasteiger partial charge in [-0.3, -0.25) is 23.5 Å². The molecule has 0 atom stereocenters.